The summed E-state index contributed by atoms with van der Waals surface area (Å²) in [5, 5.41) is 20.9. The largest absolute Gasteiger partial charge is 0.508 e. The van der Waals surface area contributed by atoms with E-state index >= 15 is 0 Å². The van der Waals surface area contributed by atoms with E-state index in [1.54, 1.807) is 54.9 Å². The van der Waals surface area contributed by atoms with E-state index in [9.17, 15) is 19.8 Å². The second-order valence-corrected chi connectivity index (χ2v) is 8.61. The summed E-state index contributed by atoms with van der Waals surface area (Å²) in [5.74, 6) is -0.656. The Kier molecular flexibility index (Phi) is 6.63. The van der Waals surface area contributed by atoms with Crippen molar-refractivity contribution in [2.45, 2.75) is 26.4 Å². The highest BCUT2D eigenvalue weighted by Gasteiger charge is 2.46. The van der Waals surface area contributed by atoms with Crippen LogP contribution in [0.5, 0.6) is 11.5 Å². The van der Waals surface area contributed by atoms with Gasteiger partial charge in [-0.25, -0.2) is 0 Å². The zero-order valence-electron chi connectivity index (χ0n) is 19.0. The number of aromatic nitrogens is 1. The van der Waals surface area contributed by atoms with Crippen molar-refractivity contribution in [1.82, 2.24) is 9.88 Å². The number of rotatable bonds is 7. The average Bonchev–Trinajstić information content (AvgIpc) is 3.08. The molecule has 0 unspecified atom stereocenters. The quantitative estimate of drug-likeness (QED) is 0.308. The van der Waals surface area contributed by atoms with Gasteiger partial charge < -0.3 is 19.8 Å². The molecule has 2 heterocycles. The number of amides is 1. The zero-order chi connectivity index (χ0) is 24.2. The van der Waals surface area contributed by atoms with E-state index in [0.29, 0.717) is 29.4 Å². The number of carbonyl (C=O) groups is 2. The Bertz CT molecular complexity index is 1200. The monoisotopic (exact) mass is 458 g/mol. The van der Waals surface area contributed by atoms with Crippen molar-refractivity contribution in [2.75, 3.05) is 6.61 Å². The predicted octanol–water partition coefficient (Wildman–Crippen LogP) is 4.44. The van der Waals surface area contributed by atoms with Crippen molar-refractivity contribution in [1.29, 1.82) is 0 Å². The van der Waals surface area contributed by atoms with Crippen LogP contribution in [0.25, 0.3) is 5.76 Å². The molecule has 7 heteroatoms. The first kappa shape index (κ1) is 23.0. The van der Waals surface area contributed by atoms with E-state index in [-0.39, 0.29) is 23.6 Å². The van der Waals surface area contributed by atoms with Gasteiger partial charge >= 0.3 is 0 Å². The van der Waals surface area contributed by atoms with Crippen molar-refractivity contribution in [2.24, 2.45) is 5.92 Å². The van der Waals surface area contributed by atoms with Crippen LogP contribution in [-0.2, 0) is 16.1 Å². The van der Waals surface area contributed by atoms with E-state index in [1.807, 2.05) is 19.9 Å². The summed E-state index contributed by atoms with van der Waals surface area (Å²) < 4.78 is 5.69. The third-order valence-electron chi connectivity index (χ3n) is 5.54. The predicted molar refractivity (Wildman–Crippen MR) is 127 cm³/mol. The highest BCUT2D eigenvalue weighted by molar-refractivity contribution is 6.46. The van der Waals surface area contributed by atoms with E-state index in [1.165, 1.54) is 17.0 Å². The Morgan fingerprint density at radius 3 is 2.38 bits per heavy atom. The van der Waals surface area contributed by atoms with Crippen molar-refractivity contribution in [3.8, 4) is 11.5 Å². The number of aromatic hydroxyl groups is 1. The standard InChI is InChI=1S/C27H26N2O5/c1-17(2)16-34-22-11-7-20(8-12-22)25(31)23-24(19-5-9-21(30)10-6-19)29(27(33)26(23)32)15-18-4-3-13-28-14-18/h3-14,17,24,30-31H,15-16H2,1-2H3/t24-/m1/s1. The lowest BCUT2D eigenvalue weighted by molar-refractivity contribution is -0.140. The van der Waals surface area contributed by atoms with Crippen LogP contribution < -0.4 is 4.74 Å². The fourth-order valence-electron chi connectivity index (χ4n) is 3.86. The lowest BCUT2D eigenvalue weighted by atomic mass is 9.95. The summed E-state index contributed by atoms with van der Waals surface area (Å²) in [4.78, 5) is 31.7. The first-order valence-corrected chi connectivity index (χ1v) is 11.0. The average molecular weight is 459 g/mol. The molecule has 0 radical (unpaired) electrons. The maximum absolute atomic E-state index is 13.1. The number of phenolic OH excluding ortho intramolecular Hbond substituents is 1. The summed E-state index contributed by atoms with van der Waals surface area (Å²) in [6.45, 7) is 4.80. The minimum Gasteiger partial charge on any atom is -0.508 e. The van der Waals surface area contributed by atoms with E-state index < -0.39 is 17.7 Å². The van der Waals surface area contributed by atoms with Crippen LogP contribution >= 0.6 is 0 Å². The molecule has 34 heavy (non-hydrogen) atoms. The molecule has 1 saturated heterocycles. The Morgan fingerprint density at radius 1 is 1.06 bits per heavy atom. The summed E-state index contributed by atoms with van der Waals surface area (Å²) in [6, 6.07) is 15.8. The Hall–Kier alpha value is -4.13. The number of Topliss-reactive ketones (excluding diaryl/α,β-unsaturated/α-hetero) is 1. The van der Waals surface area contributed by atoms with Crippen molar-refractivity contribution in [3.63, 3.8) is 0 Å². The highest BCUT2D eigenvalue weighted by Crippen LogP contribution is 2.40. The number of ketones is 1. The van der Waals surface area contributed by atoms with Gasteiger partial charge in [-0.2, -0.15) is 0 Å². The van der Waals surface area contributed by atoms with Gasteiger partial charge in [-0.3, -0.25) is 14.6 Å². The molecular weight excluding hydrogens is 432 g/mol. The normalized spacial score (nSPS) is 17.4. The molecule has 174 valence electrons. The molecule has 0 bridgehead atoms. The lowest BCUT2D eigenvalue weighted by Gasteiger charge is -2.25. The van der Waals surface area contributed by atoms with Crippen LogP contribution in [0.3, 0.4) is 0 Å². The maximum atomic E-state index is 13.1. The first-order valence-electron chi connectivity index (χ1n) is 11.0. The van der Waals surface area contributed by atoms with E-state index in [4.69, 9.17) is 4.74 Å². The molecule has 2 aromatic carbocycles. The number of hydrogen-bond acceptors (Lipinski definition) is 6. The molecular formula is C27H26N2O5. The summed E-state index contributed by atoms with van der Waals surface area (Å²) >= 11 is 0. The third-order valence-corrected chi connectivity index (χ3v) is 5.54. The number of nitrogens with zero attached hydrogens (tertiary/aromatic N) is 2. The zero-order valence-corrected chi connectivity index (χ0v) is 19.0. The van der Waals surface area contributed by atoms with E-state index in [2.05, 4.69) is 4.98 Å². The van der Waals surface area contributed by atoms with Crippen molar-refractivity contribution in [3.05, 3.63) is 95.3 Å². The van der Waals surface area contributed by atoms with Crippen LogP contribution in [0.15, 0.2) is 78.6 Å². The number of benzene rings is 2. The van der Waals surface area contributed by atoms with Gasteiger partial charge in [0.1, 0.15) is 17.3 Å². The summed E-state index contributed by atoms with van der Waals surface area (Å²) in [5.41, 5.74) is 1.75. The smallest absolute Gasteiger partial charge is 0.295 e. The van der Waals surface area contributed by atoms with Gasteiger partial charge in [0, 0.05) is 24.5 Å². The van der Waals surface area contributed by atoms with Gasteiger partial charge in [0.15, 0.2) is 0 Å². The van der Waals surface area contributed by atoms with Crippen LogP contribution in [0, 0.1) is 5.92 Å². The molecule has 3 aromatic rings. The van der Waals surface area contributed by atoms with Gasteiger partial charge in [-0.05, 0) is 59.5 Å². The van der Waals surface area contributed by atoms with Crippen LogP contribution in [0.4, 0.5) is 0 Å². The van der Waals surface area contributed by atoms with Crippen LogP contribution in [0.1, 0.15) is 36.6 Å². The highest BCUT2D eigenvalue weighted by atomic mass is 16.5. The fourth-order valence-corrected chi connectivity index (χ4v) is 3.86. The molecule has 0 spiro atoms. The number of hydrogen-bond donors (Lipinski definition) is 2. The molecule has 1 fully saturated rings. The molecule has 1 atom stereocenters. The van der Waals surface area contributed by atoms with Gasteiger partial charge in [-0.1, -0.05) is 32.0 Å². The fraction of sp³-hybridized carbons (Fsp3) is 0.222. The lowest BCUT2D eigenvalue weighted by Crippen LogP contribution is -2.29. The molecule has 1 amide bonds. The number of aliphatic hydroxyl groups is 1. The number of pyridine rings is 1. The minimum absolute atomic E-state index is 0.00423. The molecule has 0 saturated carbocycles. The Morgan fingerprint density at radius 2 is 1.76 bits per heavy atom. The first-order chi connectivity index (χ1) is 16.3. The molecule has 0 aliphatic carbocycles. The number of likely N-dealkylation sites (tertiary alicyclic amines) is 1. The second-order valence-electron chi connectivity index (χ2n) is 8.61. The summed E-state index contributed by atoms with van der Waals surface area (Å²) in [6.07, 6.45) is 3.26. The molecule has 1 aromatic heterocycles. The minimum atomic E-state index is -0.822. The van der Waals surface area contributed by atoms with Gasteiger partial charge in [0.05, 0.1) is 18.2 Å². The van der Waals surface area contributed by atoms with Crippen LogP contribution in [0.2, 0.25) is 0 Å². The number of phenols is 1. The van der Waals surface area contributed by atoms with Gasteiger partial charge in [-0.15, -0.1) is 0 Å². The Labute approximate surface area is 198 Å². The van der Waals surface area contributed by atoms with Crippen LogP contribution in [-0.4, -0.2) is 38.4 Å². The second kappa shape index (κ2) is 9.79. The van der Waals surface area contributed by atoms with E-state index in [0.717, 1.165) is 5.56 Å². The maximum Gasteiger partial charge on any atom is 0.295 e. The topological polar surface area (TPSA) is 100.0 Å². The number of aliphatic hydroxyl groups excluding tert-OH is 1. The molecule has 4 rings (SSSR count). The van der Waals surface area contributed by atoms with Crippen molar-refractivity contribution >= 4 is 17.4 Å². The van der Waals surface area contributed by atoms with Crippen molar-refractivity contribution < 1.29 is 24.5 Å². The molecule has 7 nitrogen and oxygen atoms in total. The molecule has 2 N–H and O–H groups in total. The SMILES string of the molecule is CC(C)COc1ccc(C(O)=C2C(=O)C(=O)N(Cc3cccnc3)[C@@H]2c2ccc(O)cc2)cc1. The molecule has 1 aliphatic rings. The number of ether oxygens (including phenoxy) is 1. The van der Waals surface area contributed by atoms with Gasteiger partial charge in [0.25, 0.3) is 11.7 Å². The van der Waals surface area contributed by atoms with Gasteiger partial charge in [0.2, 0.25) is 0 Å². The number of carbonyl (C=O) groups excluding carboxylic acids is 2. The third kappa shape index (κ3) is 4.78. The molecule has 1 aliphatic heterocycles. The Balaban J connectivity index is 1.75. The summed E-state index contributed by atoms with van der Waals surface area (Å²) in [7, 11) is 0.